The van der Waals surface area contributed by atoms with Crippen LogP contribution in [0.3, 0.4) is 0 Å². The molecule has 82 valence electrons. The Morgan fingerprint density at radius 1 is 1.20 bits per heavy atom. The summed E-state index contributed by atoms with van der Waals surface area (Å²) in [5.41, 5.74) is 3.61. The molecule has 1 fully saturated rings. The lowest BCUT2D eigenvalue weighted by molar-refractivity contribution is 0.148. The normalized spacial score (nSPS) is 36.3. The van der Waals surface area contributed by atoms with Crippen molar-refractivity contribution in [3.63, 3.8) is 0 Å². The molecule has 1 heteroatoms. The Kier molecular flexibility index (Phi) is 2.44. The molecule has 0 saturated carbocycles. The highest BCUT2D eigenvalue weighted by molar-refractivity contribution is 5.29. The van der Waals surface area contributed by atoms with Crippen LogP contribution in [-0.2, 0) is 0 Å². The van der Waals surface area contributed by atoms with E-state index in [9.17, 15) is 0 Å². The van der Waals surface area contributed by atoms with E-state index in [0.29, 0.717) is 0 Å². The van der Waals surface area contributed by atoms with Gasteiger partial charge in [-0.25, -0.2) is 0 Å². The van der Waals surface area contributed by atoms with Gasteiger partial charge in [0.15, 0.2) is 0 Å². The maximum absolute atomic E-state index is 2.52. The van der Waals surface area contributed by atoms with Crippen molar-refractivity contribution in [3.05, 3.63) is 23.3 Å². The maximum Gasteiger partial charge on any atom is 0.00469 e. The zero-order chi connectivity index (χ0) is 10.3. The topological polar surface area (TPSA) is 3.24 Å². The largest absolute Gasteiger partial charge is 0.306 e. The van der Waals surface area contributed by atoms with Gasteiger partial charge in [-0.3, -0.25) is 0 Å². The van der Waals surface area contributed by atoms with Crippen LogP contribution in [0, 0.1) is 11.8 Å². The summed E-state index contributed by atoms with van der Waals surface area (Å²) < 4.78 is 0. The quantitative estimate of drug-likeness (QED) is 0.547. The Balaban J connectivity index is 1.86. The molecule has 0 radical (unpaired) electrons. The first kappa shape index (κ1) is 9.65. The monoisotopic (exact) mass is 203 g/mol. The van der Waals surface area contributed by atoms with Crippen molar-refractivity contribution in [1.82, 2.24) is 4.90 Å². The number of nitrogens with zero attached hydrogens (tertiary/aromatic N) is 1. The number of rotatable bonds is 0. The minimum atomic E-state index is 0.900. The summed E-state index contributed by atoms with van der Waals surface area (Å²) in [5.74, 6) is 1.91. The Morgan fingerprint density at radius 3 is 3.00 bits per heavy atom. The predicted octanol–water partition coefficient (Wildman–Crippen LogP) is 2.99. The van der Waals surface area contributed by atoms with E-state index < -0.39 is 0 Å². The van der Waals surface area contributed by atoms with Gasteiger partial charge in [0.05, 0.1) is 0 Å². The Hall–Kier alpha value is -0.560. The molecule has 0 aromatic rings. The van der Waals surface area contributed by atoms with E-state index >= 15 is 0 Å². The van der Waals surface area contributed by atoms with Gasteiger partial charge in [0.2, 0.25) is 0 Å². The van der Waals surface area contributed by atoms with E-state index in [1.165, 1.54) is 45.2 Å². The molecule has 1 saturated heterocycles. The highest BCUT2D eigenvalue weighted by Gasteiger charge is 2.34. The number of fused-ring (bicyclic) bond motifs is 2. The molecule has 0 N–H and O–H groups in total. The zero-order valence-corrected chi connectivity index (χ0v) is 9.71. The van der Waals surface area contributed by atoms with E-state index in [0.717, 1.165) is 11.8 Å². The van der Waals surface area contributed by atoms with Gasteiger partial charge in [0, 0.05) is 6.54 Å². The molecule has 1 aliphatic heterocycles. The van der Waals surface area contributed by atoms with Gasteiger partial charge in [-0.15, -0.1) is 0 Å². The standard InChI is InChI=1S/C14H21N/c1-15-9-8-12-7-6-11-4-2-3-5-13(11)14(12)10-15/h2-3,12,14H,4-10H2,1H3. The van der Waals surface area contributed by atoms with Crippen molar-refractivity contribution in [3.8, 4) is 0 Å². The molecule has 2 aliphatic carbocycles. The van der Waals surface area contributed by atoms with Gasteiger partial charge in [-0.2, -0.15) is 0 Å². The first-order valence-corrected chi connectivity index (χ1v) is 6.39. The van der Waals surface area contributed by atoms with Crippen molar-refractivity contribution < 1.29 is 0 Å². The van der Waals surface area contributed by atoms with Gasteiger partial charge in [-0.05, 0) is 57.5 Å². The zero-order valence-electron chi connectivity index (χ0n) is 9.71. The highest BCUT2D eigenvalue weighted by Crippen LogP contribution is 2.43. The van der Waals surface area contributed by atoms with Crippen molar-refractivity contribution in [2.24, 2.45) is 11.8 Å². The number of likely N-dealkylation sites (tertiary alicyclic amines) is 1. The highest BCUT2D eigenvalue weighted by atomic mass is 15.1. The van der Waals surface area contributed by atoms with Gasteiger partial charge in [0.25, 0.3) is 0 Å². The first-order chi connectivity index (χ1) is 7.34. The first-order valence-electron chi connectivity index (χ1n) is 6.39. The molecule has 15 heavy (non-hydrogen) atoms. The van der Waals surface area contributed by atoms with Crippen LogP contribution in [0.25, 0.3) is 0 Å². The molecule has 0 aromatic heterocycles. The summed E-state index contributed by atoms with van der Waals surface area (Å²) in [7, 11) is 2.28. The minimum absolute atomic E-state index is 0.900. The van der Waals surface area contributed by atoms with Crippen LogP contribution in [0.4, 0.5) is 0 Å². The second-order valence-corrected chi connectivity index (χ2v) is 5.46. The second-order valence-electron chi connectivity index (χ2n) is 5.46. The summed E-state index contributed by atoms with van der Waals surface area (Å²) in [5, 5.41) is 0. The number of allylic oxidation sites excluding steroid dienone is 3. The third kappa shape index (κ3) is 1.67. The number of piperidine rings is 1. The van der Waals surface area contributed by atoms with Crippen molar-refractivity contribution in [1.29, 1.82) is 0 Å². The lowest BCUT2D eigenvalue weighted by Crippen LogP contribution is -2.41. The van der Waals surface area contributed by atoms with Crippen LogP contribution in [0.15, 0.2) is 23.3 Å². The lowest BCUT2D eigenvalue weighted by atomic mass is 9.69. The Morgan fingerprint density at radius 2 is 2.07 bits per heavy atom. The van der Waals surface area contributed by atoms with Gasteiger partial charge >= 0.3 is 0 Å². The Labute approximate surface area is 92.8 Å². The molecule has 0 bridgehead atoms. The summed E-state index contributed by atoms with van der Waals surface area (Å²) in [6, 6.07) is 0. The SMILES string of the molecule is CN1CCC2CCC3=C(CC=CC3)C2C1. The van der Waals surface area contributed by atoms with Gasteiger partial charge in [-0.1, -0.05) is 23.3 Å². The Bertz CT molecular complexity index is 313. The fourth-order valence-corrected chi connectivity index (χ4v) is 3.65. The van der Waals surface area contributed by atoms with Crippen molar-refractivity contribution in [2.45, 2.75) is 32.1 Å². The van der Waals surface area contributed by atoms with Gasteiger partial charge in [0.1, 0.15) is 0 Å². The lowest BCUT2D eigenvalue weighted by Gasteiger charge is -2.43. The molecule has 2 atom stereocenters. The molecule has 1 heterocycles. The summed E-state index contributed by atoms with van der Waals surface area (Å²) in [4.78, 5) is 2.52. The van der Waals surface area contributed by atoms with Crippen LogP contribution in [-0.4, -0.2) is 25.0 Å². The summed E-state index contributed by atoms with van der Waals surface area (Å²) in [6.45, 7) is 2.64. The maximum atomic E-state index is 2.52. The molecule has 0 spiro atoms. The fourth-order valence-electron chi connectivity index (χ4n) is 3.65. The van der Waals surface area contributed by atoms with Crippen LogP contribution in [0.1, 0.15) is 32.1 Å². The molecule has 3 aliphatic rings. The second kappa shape index (κ2) is 3.79. The number of hydrogen-bond acceptors (Lipinski definition) is 1. The van der Waals surface area contributed by atoms with Crippen LogP contribution in [0.2, 0.25) is 0 Å². The predicted molar refractivity (Wildman–Crippen MR) is 63.7 cm³/mol. The van der Waals surface area contributed by atoms with E-state index in [4.69, 9.17) is 0 Å². The third-order valence-electron chi connectivity index (χ3n) is 4.55. The molecule has 0 amide bonds. The number of hydrogen-bond donors (Lipinski definition) is 0. The van der Waals surface area contributed by atoms with Crippen LogP contribution < -0.4 is 0 Å². The van der Waals surface area contributed by atoms with E-state index in [1.807, 2.05) is 5.57 Å². The molecular formula is C14H21N. The molecule has 3 rings (SSSR count). The smallest absolute Gasteiger partial charge is 0.00469 e. The summed E-state index contributed by atoms with van der Waals surface area (Å²) >= 11 is 0. The fraction of sp³-hybridized carbons (Fsp3) is 0.714. The molecule has 2 unspecified atom stereocenters. The van der Waals surface area contributed by atoms with E-state index in [-0.39, 0.29) is 0 Å². The van der Waals surface area contributed by atoms with E-state index in [2.05, 4.69) is 24.1 Å². The van der Waals surface area contributed by atoms with Crippen molar-refractivity contribution >= 4 is 0 Å². The molecule has 0 aromatic carbocycles. The van der Waals surface area contributed by atoms with Crippen LogP contribution >= 0.6 is 0 Å². The molecule has 1 nitrogen and oxygen atoms in total. The third-order valence-corrected chi connectivity index (χ3v) is 4.55. The average Bonchev–Trinajstić information content (AvgIpc) is 2.29. The summed E-state index contributed by atoms with van der Waals surface area (Å²) in [6.07, 6.45) is 11.5. The van der Waals surface area contributed by atoms with E-state index in [1.54, 1.807) is 5.57 Å². The molecular weight excluding hydrogens is 182 g/mol. The van der Waals surface area contributed by atoms with Gasteiger partial charge < -0.3 is 4.90 Å². The minimum Gasteiger partial charge on any atom is -0.306 e. The average molecular weight is 203 g/mol. The van der Waals surface area contributed by atoms with Crippen LogP contribution in [0.5, 0.6) is 0 Å². The van der Waals surface area contributed by atoms with Crippen molar-refractivity contribution in [2.75, 3.05) is 20.1 Å².